The van der Waals surface area contributed by atoms with Gasteiger partial charge >= 0.3 is 0 Å². The van der Waals surface area contributed by atoms with E-state index in [4.69, 9.17) is 4.74 Å². The molecule has 3 aromatic rings. The zero-order valence-electron chi connectivity index (χ0n) is 14.8. The molecule has 3 nitrogen and oxygen atoms in total. The van der Waals surface area contributed by atoms with Gasteiger partial charge in [0.05, 0.1) is 0 Å². The van der Waals surface area contributed by atoms with Crippen molar-refractivity contribution in [1.29, 1.82) is 0 Å². The Morgan fingerprint density at radius 1 is 0.857 bits per heavy atom. The predicted molar refractivity (Wildman–Crippen MR) is 98.7 cm³/mol. The van der Waals surface area contributed by atoms with Gasteiger partial charge in [-0.3, -0.25) is 0 Å². The summed E-state index contributed by atoms with van der Waals surface area (Å²) >= 11 is 0. The van der Waals surface area contributed by atoms with Crippen LogP contribution in [0.25, 0.3) is 11.1 Å². The maximum absolute atomic E-state index is 13.8. The quantitative estimate of drug-likeness (QED) is 0.599. The van der Waals surface area contributed by atoms with Crippen molar-refractivity contribution in [2.45, 2.75) is 6.92 Å². The first kappa shape index (κ1) is 18.0. The van der Waals surface area contributed by atoms with Crippen molar-refractivity contribution >= 4 is 11.1 Å². The second-order valence-corrected chi connectivity index (χ2v) is 6.53. The molecule has 0 amide bonds. The molecule has 1 aliphatic heterocycles. The largest absolute Gasteiger partial charge is 0.508 e. The number of aromatic hydroxyl groups is 2. The standard InChI is InChI=1S/C22H15F3O3/c1-11-19(27)7-6-15-20(12-2-4-14(26)5-3-12)16(10-28-22(11)15)13-8-17(23)21(25)18(24)9-13/h2-9,26-27H,10H2,1H3. The molecule has 6 heteroatoms. The maximum atomic E-state index is 13.8. The number of hydrogen-bond acceptors (Lipinski definition) is 3. The number of phenols is 2. The van der Waals surface area contributed by atoms with Crippen molar-refractivity contribution in [2.75, 3.05) is 6.61 Å². The van der Waals surface area contributed by atoms with Crippen LogP contribution in [0.1, 0.15) is 22.3 Å². The number of halogens is 3. The lowest BCUT2D eigenvalue weighted by molar-refractivity contribution is 0.357. The zero-order chi connectivity index (χ0) is 20.0. The van der Waals surface area contributed by atoms with E-state index in [0.29, 0.717) is 33.6 Å². The topological polar surface area (TPSA) is 49.7 Å². The Kier molecular flexibility index (Phi) is 4.26. The van der Waals surface area contributed by atoms with Crippen LogP contribution in [0, 0.1) is 24.4 Å². The molecule has 0 aliphatic carbocycles. The third-order valence-corrected chi connectivity index (χ3v) is 4.80. The Morgan fingerprint density at radius 2 is 1.50 bits per heavy atom. The minimum absolute atomic E-state index is 0.0297. The molecule has 3 aromatic carbocycles. The van der Waals surface area contributed by atoms with Crippen molar-refractivity contribution in [3.8, 4) is 17.2 Å². The van der Waals surface area contributed by atoms with Gasteiger partial charge in [-0.25, -0.2) is 13.2 Å². The van der Waals surface area contributed by atoms with E-state index in [1.165, 1.54) is 18.2 Å². The number of phenolic OH excluding ortho intramolecular Hbond substituents is 2. The second kappa shape index (κ2) is 6.64. The number of ether oxygens (including phenoxy) is 1. The fourth-order valence-electron chi connectivity index (χ4n) is 3.36. The lowest BCUT2D eigenvalue weighted by Crippen LogP contribution is -2.13. The number of fused-ring (bicyclic) bond motifs is 1. The molecule has 28 heavy (non-hydrogen) atoms. The molecule has 2 N–H and O–H groups in total. The van der Waals surface area contributed by atoms with Crippen LogP contribution in [0.15, 0.2) is 48.5 Å². The molecule has 0 saturated heterocycles. The lowest BCUT2D eigenvalue weighted by Gasteiger charge is -2.26. The van der Waals surface area contributed by atoms with E-state index >= 15 is 0 Å². The average Bonchev–Trinajstić information content (AvgIpc) is 2.68. The van der Waals surface area contributed by atoms with Gasteiger partial charge in [0.1, 0.15) is 23.9 Å². The highest BCUT2D eigenvalue weighted by atomic mass is 19.2. The molecule has 0 fully saturated rings. The van der Waals surface area contributed by atoms with Gasteiger partial charge in [0.15, 0.2) is 17.5 Å². The first-order chi connectivity index (χ1) is 13.4. The van der Waals surface area contributed by atoms with Crippen molar-refractivity contribution in [1.82, 2.24) is 0 Å². The van der Waals surface area contributed by atoms with Crippen molar-refractivity contribution in [3.05, 3.63) is 88.2 Å². The molecule has 0 unspecified atom stereocenters. The molecule has 4 rings (SSSR count). The molecule has 0 atom stereocenters. The molecular formula is C22H15F3O3. The molecule has 1 heterocycles. The van der Waals surface area contributed by atoms with Gasteiger partial charge in [0.2, 0.25) is 0 Å². The molecule has 0 aromatic heterocycles. The Labute approximate surface area is 159 Å². The highest BCUT2D eigenvalue weighted by Crippen LogP contribution is 2.45. The summed E-state index contributed by atoms with van der Waals surface area (Å²) in [4.78, 5) is 0. The highest BCUT2D eigenvalue weighted by Gasteiger charge is 2.26. The van der Waals surface area contributed by atoms with Crippen molar-refractivity contribution < 1.29 is 28.1 Å². The van der Waals surface area contributed by atoms with Crippen LogP contribution in [-0.2, 0) is 0 Å². The van der Waals surface area contributed by atoms with Gasteiger partial charge in [-0.05, 0) is 60.0 Å². The normalized spacial score (nSPS) is 13.3. The first-order valence-electron chi connectivity index (χ1n) is 8.50. The fourth-order valence-corrected chi connectivity index (χ4v) is 3.36. The van der Waals surface area contributed by atoms with Crippen LogP contribution in [-0.4, -0.2) is 16.8 Å². The van der Waals surface area contributed by atoms with Crippen LogP contribution in [0.2, 0.25) is 0 Å². The SMILES string of the molecule is Cc1c(O)ccc2c1OCC(c1cc(F)c(F)c(F)c1)=C2c1ccc(O)cc1. The van der Waals surface area contributed by atoms with Gasteiger partial charge < -0.3 is 14.9 Å². The fraction of sp³-hybridized carbons (Fsp3) is 0.0909. The van der Waals surface area contributed by atoms with E-state index in [0.717, 1.165) is 12.1 Å². The van der Waals surface area contributed by atoms with Crippen LogP contribution < -0.4 is 4.74 Å². The summed E-state index contributed by atoms with van der Waals surface area (Å²) in [5.74, 6) is -3.53. The molecule has 0 spiro atoms. The van der Waals surface area contributed by atoms with E-state index in [9.17, 15) is 23.4 Å². The van der Waals surface area contributed by atoms with Crippen LogP contribution in [0.5, 0.6) is 17.2 Å². The van der Waals surface area contributed by atoms with Gasteiger partial charge in [-0.1, -0.05) is 12.1 Å². The Hall–Kier alpha value is -3.41. The summed E-state index contributed by atoms with van der Waals surface area (Å²) < 4.78 is 46.9. The second-order valence-electron chi connectivity index (χ2n) is 6.53. The average molecular weight is 384 g/mol. The third-order valence-electron chi connectivity index (χ3n) is 4.80. The van der Waals surface area contributed by atoms with E-state index < -0.39 is 17.5 Å². The van der Waals surface area contributed by atoms with Gasteiger partial charge in [0.25, 0.3) is 0 Å². The first-order valence-corrected chi connectivity index (χ1v) is 8.50. The third kappa shape index (κ3) is 2.87. The highest BCUT2D eigenvalue weighted by molar-refractivity contribution is 6.02. The number of benzene rings is 3. The number of rotatable bonds is 2. The molecular weight excluding hydrogens is 369 g/mol. The van der Waals surface area contributed by atoms with Gasteiger partial charge in [-0.15, -0.1) is 0 Å². The molecule has 1 aliphatic rings. The minimum atomic E-state index is -1.53. The van der Waals surface area contributed by atoms with Crippen LogP contribution >= 0.6 is 0 Å². The molecule has 142 valence electrons. The minimum Gasteiger partial charge on any atom is -0.508 e. The van der Waals surface area contributed by atoms with Crippen molar-refractivity contribution in [2.24, 2.45) is 0 Å². The summed E-state index contributed by atoms with van der Waals surface area (Å²) in [5.41, 5.74) is 3.05. The molecule has 0 saturated carbocycles. The Morgan fingerprint density at radius 3 is 2.14 bits per heavy atom. The number of hydrogen-bond donors (Lipinski definition) is 2. The Bertz CT molecular complexity index is 1100. The van der Waals surface area contributed by atoms with Gasteiger partial charge in [-0.2, -0.15) is 0 Å². The van der Waals surface area contributed by atoms with E-state index in [2.05, 4.69) is 0 Å². The van der Waals surface area contributed by atoms with E-state index in [1.807, 2.05) is 0 Å². The Balaban J connectivity index is 2.03. The zero-order valence-corrected chi connectivity index (χ0v) is 14.8. The summed E-state index contributed by atoms with van der Waals surface area (Å²) in [5, 5.41) is 19.6. The molecule has 0 radical (unpaired) electrons. The maximum Gasteiger partial charge on any atom is 0.194 e. The smallest absolute Gasteiger partial charge is 0.194 e. The monoisotopic (exact) mass is 384 g/mol. The van der Waals surface area contributed by atoms with Crippen molar-refractivity contribution in [3.63, 3.8) is 0 Å². The predicted octanol–water partition coefficient (Wildman–Crippen LogP) is 5.18. The summed E-state index contributed by atoms with van der Waals surface area (Å²) in [6.07, 6.45) is 0. The van der Waals surface area contributed by atoms with E-state index in [1.54, 1.807) is 25.1 Å². The van der Waals surface area contributed by atoms with Crippen LogP contribution in [0.4, 0.5) is 13.2 Å². The van der Waals surface area contributed by atoms with Crippen LogP contribution in [0.3, 0.4) is 0 Å². The molecule has 0 bridgehead atoms. The summed E-state index contributed by atoms with van der Waals surface area (Å²) in [6.45, 7) is 1.67. The van der Waals surface area contributed by atoms with Gasteiger partial charge in [0, 0.05) is 16.7 Å². The lowest BCUT2D eigenvalue weighted by atomic mass is 9.86. The van der Waals surface area contributed by atoms with E-state index in [-0.39, 0.29) is 23.7 Å². The summed E-state index contributed by atoms with van der Waals surface area (Å²) in [7, 11) is 0. The summed E-state index contributed by atoms with van der Waals surface area (Å²) in [6, 6.07) is 11.3.